The van der Waals surface area contributed by atoms with Crippen LogP contribution in [0.2, 0.25) is 0 Å². The summed E-state index contributed by atoms with van der Waals surface area (Å²) in [6.07, 6.45) is 0.178. The van der Waals surface area contributed by atoms with Crippen molar-refractivity contribution >= 4 is 11.6 Å². The standard InChI is InChI=1S/C23H22N2O3/c1-23(19-8-4-2-5-9-19,20-10-6-3-7-11-20)17-24-22(26)16-18-12-14-21(15-13-18)25(27)28/h2-15H,16-17H2,1H3,(H,24,26). The molecular formula is C23H22N2O3. The molecule has 3 rings (SSSR count). The van der Waals surface area contributed by atoms with Crippen LogP contribution in [-0.4, -0.2) is 17.4 Å². The number of carbonyl (C=O) groups is 1. The van der Waals surface area contributed by atoms with E-state index in [0.29, 0.717) is 6.54 Å². The lowest BCUT2D eigenvalue weighted by Gasteiger charge is -2.31. The minimum atomic E-state index is -0.449. The fourth-order valence-electron chi connectivity index (χ4n) is 3.24. The van der Waals surface area contributed by atoms with Gasteiger partial charge in [0, 0.05) is 24.1 Å². The van der Waals surface area contributed by atoms with Gasteiger partial charge in [-0.05, 0) is 23.6 Å². The molecule has 0 aliphatic rings. The monoisotopic (exact) mass is 374 g/mol. The van der Waals surface area contributed by atoms with E-state index in [2.05, 4.69) is 36.5 Å². The van der Waals surface area contributed by atoms with Crippen LogP contribution in [0, 0.1) is 10.1 Å². The quantitative estimate of drug-likeness (QED) is 0.496. The molecule has 0 heterocycles. The molecular weight excluding hydrogens is 352 g/mol. The molecule has 0 aromatic heterocycles. The minimum Gasteiger partial charge on any atom is -0.355 e. The zero-order valence-corrected chi connectivity index (χ0v) is 15.7. The third-order valence-electron chi connectivity index (χ3n) is 4.97. The number of nitro groups is 1. The van der Waals surface area contributed by atoms with Crippen molar-refractivity contribution in [1.82, 2.24) is 5.32 Å². The molecule has 0 saturated carbocycles. The molecule has 0 spiro atoms. The normalized spacial score (nSPS) is 11.0. The number of nitrogens with zero attached hydrogens (tertiary/aromatic N) is 1. The van der Waals surface area contributed by atoms with Gasteiger partial charge in [-0.1, -0.05) is 72.8 Å². The summed E-state index contributed by atoms with van der Waals surface area (Å²) in [7, 11) is 0. The van der Waals surface area contributed by atoms with Gasteiger partial charge in [0.25, 0.3) is 5.69 Å². The van der Waals surface area contributed by atoms with E-state index in [4.69, 9.17) is 0 Å². The van der Waals surface area contributed by atoms with Gasteiger partial charge in [0.15, 0.2) is 0 Å². The highest BCUT2D eigenvalue weighted by atomic mass is 16.6. The van der Waals surface area contributed by atoms with Crippen LogP contribution in [0.5, 0.6) is 0 Å². The fraction of sp³-hybridized carbons (Fsp3) is 0.174. The average Bonchev–Trinajstić information content (AvgIpc) is 2.73. The molecule has 3 aromatic carbocycles. The summed E-state index contributed by atoms with van der Waals surface area (Å²) in [6, 6.07) is 26.3. The van der Waals surface area contributed by atoms with Crippen LogP contribution in [0.3, 0.4) is 0 Å². The fourth-order valence-corrected chi connectivity index (χ4v) is 3.24. The van der Waals surface area contributed by atoms with Gasteiger partial charge in [-0.3, -0.25) is 14.9 Å². The summed E-state index contributed by atoms with van der Waals surface area (Å²) in [5, 5.41) is 13.8. The molecule has 0 radical (unpaired) electrons. The Kier molecular flexibility index (Phi) is 5.84. The van der Waals surface area contributed by atoms with E-state index < -0.39 is 4.92 Å². The van der Waals surface area contributed by atoms with Crippen molar-refractivity contribution in [2.24, 2.45) is 0 Å². The maximum Gasteiger partial charge on any atom is 0.269 e. The number of nitro benzene ring substituents is 1. The van der Waals surface area contributed by atoms with E-state index >= 15 is 0 Å². The molecule has 142 valence electrons. The van der Waals surface area contributed by atoms with Crippen LogP contribution < -0.4 is 5.32 Å². The van der Waals surface area contributed by atoms with Crippen LogP contribution in [0.4, 0.5) is 5.69 Å². The number of hydrogen-bond acceptors (Lipinski definition) is 3. The van der Waals surface area contributed by atoms with Crippen LogP contribution in [0.25, 0.3) is 0 Å². The molecule has 0 aliphatic carbocycles. The largest absolute Gasteiger partial charge is 0.355 e. The zero-order chi connectivity index (χ0) is 20.0. The van der Waals surface area contributed by atoms with Gasteiger partial charge in [-0.25, -0.2) is 0 Å². The van der Waals surface area contributed by atoms with Gasteiger partial charge in [-0.2, -0.15) is 0 Å². The van der Waals surface area contributed by atoms with Crippen molar-refractivity contribution in [3.8, 4) is 0 Å². The summed E-state index contributed by atoms with van der Waals surface area (Å²) in [5.74, 6) is -0.119. The molecule has 0 fully saturated rings. The molecule has 5 heteroatoms. The molecule has 0 unspecified atom stereocenters. The number of amides is 1. The molecule has 0 atom stereocenters. The van der Waals surface area contributed by atoms with Crippen molar-refractivity contribution in [3.05, 3.63) is 112 Å². The predicted molar refractivity (Wildman–Crippen MR) is 109 cm³/mol. The third-order valence-corrected chi connectivity index (χ3v) is 4.97. The minimum absolute atomic E-state index is 0.0184. The van der Waals surface area contributed by atoms with Crippen molar-refractivity contribution in [2.75, 3.05) is 6.54 Å². The van der Waals surface area contributed by atoms with Crippen molar-refractivity contribution in [2.45, 2.75) is 18.8 Å². The van der Waals surface area contributed by atoms with Gasteiger partial charge in [0.05, 0.1) is 11.3 Å². The molecule has 0 aliphatic heterocycles. The Morgan fingerprint density at radius 1 is 0.893 bits per heavy atom. The Morgan fingerprint density at radius 3 is 1.86 bits per heavy atom. The molecule has 3 aromatic rings. The van der Waals surface area contributed by atoms with E-state index in [-0.39, 0.29) is 23.4 Å². The second kappa shape index (κ2) is 8.48. The lowest BCUT2D eigenvalue weighted by molar-refractivity contribution is -0.384. The number of non-ortho nitro benzene ring substituents is 1. The topological polar surface area (TPSA) is 72.2 Å². The molecule has 1 amide bonds. The van der Waals surface area contributed by atoms with Crippen molar-refractivity contribution in [3.63, 3.8) is 0 Å². The first-order valence-corrected chi connectivity index (χ1v) is 9.10. The van der Waals surface area contributed by atoms with E-state index in [1.54, 1.807) is 12.1 Å². The molecule has 1 N–H and O–H groups in total. The second-order valence-electron chi connectivity index (χ2n) is 6.94. The van der Waals surface area contributed by atoms with Crippen LogP contribution >= 0.6 is 0 Å². The predicted octanol–water partition coefficient (Wildman–Crippen LogP) is 4.26. The maximum absolute atomic E-state index is 12.5. The Labute approximate surface area is 164 Å². The van der Waals surface area contributed by atoms with E-state index in [9.17, 15) is 14.9 Å². The molecule has 0 bridgehead atoms. The first kappa shape index (κ1) is 19.3. The Bertz CT molecular complexity index is 899. The van der Waals surface area contributed by atoms with Gasteiger partial charge < -0.3 is 5.32 Å². The SMILES string of the molecule is CC(CNC(=O)Cc1ccc([N+](=O)[O-])cc1)(c1ccccc1)c1ccccc1. The Balaban J connectivity index is 1.73. The summed E-state index contributed by atoms with van der Waals surface area (Å²) in [6.45, 7) is 2.57. The van der Waals surface area contributed by atoms with Crippen LogP contribution in [0.15, 0.2) is 84.9 Å². The van der Waals surface area contributed by atoms with Crippen LogP contribution in [-0.2, 0) is 16.6 Å². The van der Waals surface area contributed by atoms with E-state index in [1.807, 2.05) is 36.4 Å². The molecule has 5 nitrogen and oxygen atoms in total. The Morgan fingerprint density at radius 2 is 1.39 bits per heavy atom. The number of nitrogens with one attached hydrogen (secondary N) is 1. The second-order valence-corrected chi connectivity index (χ2v) is 6.94. The van der Waals surface area contributed by atoms with Gasteiger partial charge in [-0.15, -0.1) is 0 Å². The van der Waals surface area contributed by atoms with Crippen molar-refractivity contribution < 1.29 is 9.72 Å². The molecule has 28 heavy (non-hydrogen) atoms. The average molecular weight is 374 g/mol. The summed E-state index contributed by atoms with van der Waals surface area (Å²) < 4.78 is 0. The third kappa shape index (κ3) is 4.43. The maximum atomic E-state index is 12.5. The number of rotatable bonds is 7. The zero-order valence-electron chi connectivity index (χ0n) is 15.7. The Hall–Kier alpha value is -3.47. The van der Waals surface area contributed by atoms with Crippen LogP contribution in [0.1, 0.15) is 23.6 Å². The van der Waals surface area contributed by atoms with Crippen molar-refractivity contribution in [1.29, 1.82) is 0 Å². The highest BCUT2D eigenvalue weighted by Gasteiger charge is 2.29. The summed E-state index contributed by atoms with van der Waals surface area (Å²) in [5.41, 5.74) is 2.64. The smallest absolute Gasteiger partial charge is 0.269 e. The molecule has 0 saturated heterocycles. The van der Waals surface area contributed by atoms with Gasteiger partial charge in [0.2, 0.25) is 5.91 Å². The number of carbonyl (C=O) groups excluding carboxylic acids is 1. The first-order chi connectivity index (χ1) is 13.5. The summed E-state index contributed by atoms with van der Waals surface area (Å²) >= 11 is 0. The number of hydrogen-bond donors (Lipinski definition) is 1. The van der Waals surface area contributed by atoms with Gasteiger partial charge >= 0.3 is 0 Å². The lowest BCUT2D eigenvalue weighted by atomic mass is 9.76. The first-order valence-electron chi connectivity index (χ1n) is 9.10. The highest BCUT2D eigenvalue weighted by molar-refractivity contribution is 5.78. The van der Waals surface area contributed by atoms with E-state index in [0.717, 1.165) is 16.7 Å². The number of benzene rings is 3. The van der Waals surface area contributed by atoms with E-state index in [1.165, 1.54) is 12.1 Å². The lowest BCUT2D eigenvalue weighted by Crippen LogP contribution is -2.40. The highest BCUT2D eigenvalue weighted by Crippen LogP contribution is 2.31. The summed E-state index contributed by atoms with van der Waals surface area (Å²) in [4.78, 5) is 22.8. The van der Waals surface area contributed by atoms with Gasteiger partial charge in [0.1, 0.15) is 0 Å².